The van der Waals surface area contributed by atoms with Crippen molar-refractivity contribution in [2.24, 2.45) is 0 Å². The van der Waals surface area contributed by atoms with Gasteiger partial charge in [0.05, 0.1) is 11.5 Å². The molecule has 0 radical (unpaired) electrons. The highest BCUT2D eigenvalue weighted by atomic mass is 32.2. The molecular formula is C10H24N4O2S. The second-order valence-corrected chi connectivity index (χ2v) is 6.55. The average Bonchev–Trinajstić information content (AvgIpc) is 3.05. The van der Waals surface area contributed by atoms with E-state index in [-0.39, 0.29) is 0 Å². The van der Waals surface area contributed by atoms with Crippen LogP contribution in [-0.4, -0.2) is 52.8 Å². The Labute approximate surface area is 104 Å². The van der Waals surface area contributed by atoms with Gasteiger partial charge in [-0.15, -0.1) is 0 Å². The summed E-state index contributed by atoms with van der Waals surface area (Å²) in [4.78, 5) is 0. The molecule has 102 valence electrons. The van der Waals surface area contributed by atoms with E-state index in [1.165, 1.54) is 6.42 Å². The van der Waals surface area contributed by atoms with E-state index in [1.54, 1.807) is 0 Å². The van der Waals surface area contributed by atoms with Crippen molar-refractivity contribution in [1.29, 1.82) is 0 Å². The van der Waals surface area contributed by atoms with Crippen LogP contribution in [0.1, 0.15) is 19.3 Å². The number of hydrazine groups is 1. The van der Waals surface area contributed by atoms with Crippen LogP contribution in [0.3, 0.4) is 0 Å². The smallest absolute Gasteiger partial charge is 0.150 e. The van der Waals surface area contributed by atoms with Crippen LogP contribution >= 0.6 is 0 Å². The van der Waals surface area contributed by atoms with Gasteiger partial charge in [-0.25, -0.2) is 8.42 Å². The molecule has 7 heteroatoms. The fourth-order valence-corrected chi connectivity index (χ4v) is 3.12. The number of rotatable bonds is 0. The van der Waals surface area contributed by atoms with Crippen LogP contribution in [0, 0.1) is 0 Å². The maximum Gasteiger partial charge on any atom is 0.150 e. The summed E-state index contributed by atoms with van der Waals surface area (Å²) in [5.74, 6) is 0.847. The highest BCUT2D eigenvalue weighted by Gasteiger charge is 2.16. The first kappa shape index (κ1) is 14.8. The van der Waals surface area contributed by atoms with Crippen LogP contribution < -0.4 is 21.5 Å². The molecule has 4 N–H and O–H groups in total. The average molecular weight is 264 g/mol. The lowest BCUT2D eigenvalue weighted by Gasteiger charge is -1.81. The number of nitrogens with one attached hydrogen (secondary N) is 4. The molecule has 0 aromatic heterocycles. The first-order chi connectivity index (χ1) is 8.21. The van der Waals surface area contributed by atoms with Crippen LogP contribution in [0.5, 0.6) is 0 Å². The fourth-order valence-electron chi connectivity index (χ4n) is 1.63. The summed E-state index contributed by atoms with van der Waals surface area (Å²) in [7, 11) is -2.55. The lowest BCUT2D eigenvalue weighted by molar-refractivity contribution is 0.602. The monoisotopic (exact) mass is 264 g/mol. The van der Waals surface area contributed by atoms with Gasteiger partial charge in [0.15, 0.2) is 0 Å². The summed E-state index contributed by atoms with van der Waals surface area (Å²) in [5.41, 5.74) is 5.94. The third-order valence-corrected chi connectivity index (χ3v) is 4.44. The Kier molecular flexibility index (Phi) is 7.70. The largest absolute Gasteiger partial charge is 0.303 e. The Morgan fingerprint density at radius 3 is 1.41 bits per heavy atom. The molecule has 3 aliphatic heterocycles. The second kappa shape index (κ2) is 8.82. The number of sulfone groups is 1. The molecule has 0 aromatic carbocycles. The topological polar surface area (TPSA) is 82.3 Å². The van der Waals surface area contributed by atoms with Gasteiger partial charge >= 0.3 is 0 Å². The third kappa shape index (κ3) is 8.50. The normalized spacial score (nSPS) is 25.6. The number of hydrogen-bond donors (Lipinski definition) is 4. The standard InChI is InChI=1S/C4H8O2S.2C3H8N2/c5-7(6)3-1-2-4-7;1-2-5-3-4-1;1-2-4-5-3-1/h1-4H2;2*4-5H,1-3H2. The van der Waals surface area contributed by atoms with Crippen LogP contribution in [0.25, 0.3) is 0 Å². The van der Waals surface area contributed by atoms with E-state index in [4.69, 9.17) is 0 Å². The fraction of sp³-hybridized carbons (Fsp3) is 1.00. The molecule has 3 heterocycles. The first-order valence-corrected chi connectivity index (χ1v) is 8.10. The van der Waals surface area contributed by atoms with E-state index < -0.39 is 9.84 Å². The Bertz CT molecular complexity index is 237. The molecule has 0 atom stereocenters. The molecule has 0 spiro atoms. The summed E-state index contributed by atoms with van der Waals surface area (Å²) in [6, 6.07) is 0. The molecule has 17 heavy (non-hydrogen) atoms. The van der Waals surface area contributed by atoms with Crippen molar-refractivity contribution >= 4 is 9.84 Å². The summed E-state index contributed by atoms with van der Waals surface area (Å²) in [6.45, 7) is 5.56. The summed E-state index contributed by atoms with van der Waals surface area (Å²) >= 11 is 0. The van der Waals surface area contributed by atoms with E-state index in [0.717, 1.165) is 45.7 Å². The van der Waals surface area contributed by atoms with Gasteiger partial charge in [-0.3, -0.25) is 10.9 Å². The molecule has 0 aromatic rings. The van der Waals surface area contributed by atoms with E-state index in [2.05, 4.69) is 21.5 Å². The van der Waals surface area contributed by atoms with Gasteiger partial charge in [0.1, 0.15) is 9.84 Å². The van der Waals surface area contributed by atoms with E-state index in [0.29, 0.717) is 11.5 Å². The van der Waals surface area contributed by atoms with E-state index in [9.17, 15) is 8.42 Å². The molecule has 3 rings (SSSR count). The van der Waals surface area contributed by atoms with Crippen LogP contribution in [0.4, 0.5) is 0 Å². The molecule has 0 saturated carbocycles. The lowest BCUT2D eigenvalue weighted by Crippen LogP contribution is -2.21. The molecule has 0 aliphatic carbocycles. The zero-order valence-corrected chi connectivity index (χ0v) is 11.1. The van der Waals surface area contributed by atoms with Crippen molar-refractivity contribution in [1.82, 2.24) is 21.5 Å². The highest BCUT2D eigenvalue weighted by molar-refractivity contribution is 7.91. The van der Waals surface area contributed by atoms with Gasteiger partial charge in [0.25, 0.3) is 0 Å². The minimum absolute atomic E-state index is 0.424. The molecule has 3 aliphatic rings. The van der Waals surface area contributed by atoms with E-state index in [1.807, 2.05) is 0 Å². The Morgan fingerprint density at radius 1 is 0.706 bits per heavy atom. The van der Waals surface area contributed by atoms with Crippen LogP contribution in [-0.2, 0) is 9.84 Å². The SMILES string of the molecule is C1CNCN1.C1CNNC1.O=S1(=O)CCCC1. The second-order valence-electron chi connectivity index (χ2n) is 4.24. The quantitative estimate of drug-likeness (QED) is 0.441. The first-order valence-electron chi connectivity index (χ1n) is 6.28. The van der Waals surface area contributed by atoms with Gasteiger partial charge in [-0.2, -0.15) is 0 Å². The molecule has 6 nitrogen and oxygen atoms in total. The van der Waals surface area contributed by atoms with Crippen molar-refractivity contribution in [3.63, 3.8) is 0 Å². The van der Waals surface area contributed by atoms with Crippen molar-refractivity contribution in [3.8, 4) is 0 Å². The van der Waals surface area contributed by atoms with Gasteiger partial charge < -0.3 is 10.6 Å². The Morgan fingerprint density at radius 2 is 1.24 bits per heavy atom. The molecular weight excluding hydrogens is 240 g/mol. The van der Waals surface area contributed by atoms with Crippen LogP contribution in [0.15, 0.2) is 0 Å². The predicted molar refractivity (Wildman–Crippen MR) is 69.4 cm³/mol. The maximum absolute atomic E-state index is 10.4. The van der Waals surface area contributed by atoms with Crippen molar-refractivity contribution in [2.75, 3.05) is 44.4 Å². The summed E-state index contributed by atoms with van der Waals surface area (Å²) < 4.78 is 20.9. The third-order valence-electron chi connectivity index (χ3n) is 2.62. The van der Waals surface area contributed by atoms with Crippen molar-refractivity contribution < 1.29 is 8.42 Å². The Hall–Kier alpha value is -0.210. The minimum atomic E-state index is -2.55. The van der Waals surface area contributed by atoms with Gasteiger partial charge in [-0.1, -0.05) is 0 Å². The molecule has 3 saturated heterocycles. The molecule has 0 bridgehead atoms. The predicted octanol–water partition coefficient (Wildman–Crippen LogP) is -1.18. The summed E-state index contributed by atoms with van der Waals surface area (Å²) in [5, 5.41) is 6.22. The highest BCUT2D eigenvalue weighted by Crippen LogP contribution is 2.08. The lowest BCUT2D eigenvalue weighted by atomic mass is 10.4. The number of hydrogen-bond acceptors (Lipinski definition) is 6. The van der Waals surface area contributed by atoms with Crippen molar-refractivity contribution in [2.45, 2.75) is 19.3 Å². The minimum Gasteiger partial charge on any atom is -0.303 e. The summed E-state index contributed by atoms with van der Waals surface area (Å²) in [6.07, 6.45) is 3.03. The maximum atomic E-state index is 10.4. The molecule has 0 unspecified atom stereocenters. The van der Waals surface area contributed by atoms with Crippen molar-refractivity contribution in [3.05, 3.63) is 0 Å². The van der Waals surface area contributed by atoms with Gasteiger partial charge in [-0.05, 0) is 19.3 Å². The Balaban J connectivity index is 0.000000130. The van der Waals surface area contributed by atoms with Gasteiger partial charge in [0, 0.05) is 32.8 Å². The van der Waals surface area contributed by atoms with Gasteiger partial charge in [0.2, 0.25) is 0 Å². The van der Waals surface area contributed by atoms with E-state index >= 15 is 0 Å². The molecule has 0 amide bonds. The zero-order valence-electron chi connectivity index (χ0n) is 10.3. The van der Waals surface area contributed by atoms with Crippen LogP contribution in [0.2, 0.25) is 0 Å². The zero-order chi connectivity index (χ0) is 12.4. The molecule has 3 fully saturated rings.